The Morgan fingerprint density at radius 3 is 2.52 bits per heavy atom. The normalized spacial score (nSPS) is 11.6. The highest BCUT2D eigenvalue weighted by Crippen LogP contribution is 2.27. The zero-order valence-corrected chi connectivity index (χ0v) is 17.3. The van der Waals surface area contributed by atoms with Crippen LogP contribution < -0.4 is 5.32 Å². The van der Waals surface area contributed by atoms with Crippen molar-refractivity contribution < 1.29 is 27.5 Å². The number of hydrogen-bond donors (Lipinski definition) is 1. The van der Waals surface area contributed by atoms with Gasteiger partial charge in [0.1, 0.15) is 0 Å². The summed E-state index contributed by atoms with van der Waals surface area (Å²) in [6.45, 7) is 5.04. The molecular weight excluding hydrogens is 415 g/mol. The van der Waals surface area contributed by atoms with Crippen LogP contribution >= 0.6 is 0 Å². The summed E-state index contributed by atoms with van der Waals surface area (Å²) in [4.78, 5) is 32.0. The van der Waals surface area contributed by atoms with Crippen molar-refractivity contribution >= 4 is 23.3 Å². The summed E-state index contributed by atoms with van der Waals surface area (Å²) < 4.78 is 44.5. The van der Waals surface area contributed by atoms with Gasteiger partial charge in [0.15, 0.2) is 0 Å². The summed E-state index contributed by atoms with van der Waals surface area (Å²) in [5, 5.41) is 6.17. The maximum atomic E-state index is 12.9. The molecule has 0 unspecified atom stereocenters. The molecule has 31 heavy (non-hydrogen) atoms. The average Bonchev–Trinajstić information content (AvgIpc) is 3.13. The number of nitrogens with one attached hydrogen (secondary N) is 1. The van der Waals surface area contributed by atoms with Crippen LogP contribution in [0.5, 0.6) is 0 Å². The van der Waals surface area contributed by atoms with Gasteiger partial charge in [-0.3, -0.25) is 4.79 Å². The number of amides is 1. The fourth-order valence-corrected chi connectivity index (χ4v) is 3.19. The molecule has 0 atom stereocenters. The third-order valence-corrected chi connectivity index (χ3v) is 4.76. The van der Waals surface area contributed by atoms with Crippen molar-refractivity contribution in [2.45, 2.75) is 39.8 Å². The van der Waals surface area contributed by atoms with E-state index in [-0.39, 0.29) is 30.1 Å². The van der Waals surface area contributed by atoms with Crippen molar-refractivity contribution in [1.29, 1.82) is 0 Å². The van der Waals surface area contributed by atoms with E-state index in [0.717, 1.165) is 10.1 Å². The lowest BCUT2D eigenvalue weighted by atomic mass is 10.1. The zero-order chi connectivity index (χ0) is 22.9. The van der Waals surface area contributed by atoms with E-state index < -0.39 is 18.0 Å². The summed E-state index contributed by atoms with van der Waals surface area (Å²) in [5.41, 5.74) is 2.85. The van der Waals surface area contributed by atoms with Crippen LogP contribution in [0, 0.1) is 20.8 Å². The van der Waals surface area contributed by atoms with E-state index in [2.05, 4.69) is 20.4 Å². The minimum Gasteiger partial charge on any atom is -0.465 e. The Balaban J connectivity index is 1.80. The first-order valence-corrected chi connectivity index (χ1v) is 9.30. The minimum absolute atomic E-state index is 0.0180. The molecule has 2 aromatic heterocycles. The Hall–Kier alpha value is -3.50. The molecule has 0 spiro atoms. The monoisotopic (exact) mass is 435 g/mol. The highest BCUT2D eigenvalue weighted by molar-refractivity contribution is 6.01. The maximum absolute atomic E-state index is 12.9. The molecular formula is C20H20F3N5O3. The van der Waals surface area contributed by atoms with Crippen molar-refractivity contribution in [2.24, 2.45) is 0 Å². The van der Waals surface area contributed by atoms with Crippen molar-refractivity contribution in [2.75, 3.05) is 12.4 Å². The fourth-order valence-electron chi connectivity index (χ4n) is 3.19. The molecule has 1 aromatic carbocycles. The maximum Gasteiger partial charge on any atom is 0.453 e. The largest absolute Gasteiger partial charge is 0.465 e. The number of alkyl halides is 3. The summed E-state index contributed by atoms with van der Waals surface area (Å²) in [5.74, 6) is -2.38. The molecule has 2 heterocycles. The number of ether oxygens (including phenoxy) is 1. The van der Waals surface area contributed by atoms with Gasteiger partial charge < -0.3 is 10.1 Å². The van der Waals surface area contributed by atoms with Gasteiger partial charge in [-0.05, 0) is 44.9 Å². The number of benzene rings is 1. The molecule has 0 aliphatic carbocycles. The average molecular weight is 435 g/mol. The zero-order valence-electron chi connectivity index (χ0n) is 17.3. The Kier molecular flexibility index (Phi) is 5.96. The number of rotatable bonds is 5. The molecule has 0 radical (unpaired) electrons. The molecule has 0 bridgehead atoms. The van der Waals surface area contributed by atoms with Gasteiger partial charge in [0.25, 0.3) is 11.6 Å². The molecule has 8 nitrogen and oxygen atoms in total. The van der Waals surface area contributed by atoms with Gasteiger partial charge in [-0.2, -0.15) is 18.2 Å². The predicted octanol–water partition coefficient (Wildman–Crippen LogP) is 3.43. The van der Waals surface area contributed by atoms with E-state index in [1.807, 2.05) is 0 Å². The van der Waals surface area contributed by atoms with Gasteiger partial charge in [-0.25, -0.2) is 14.3 Å². The lowest BCUT2D eigenvalue weighted by Gasteiger charge is -2.12. The first-order chi connectivity index (χ1) is 14.5. The van der Waals surface area contributed by atoms with Gasteiger partial charge in [-0.1, -0.05) is 11.6 Å². The van der Waals surface area contributed by atoms with Crippen LogP contribution in [0.1, 0.15) is 45.1 Å². The van der Waals surface area contributed by atoms with Crippen molar-refractivity contribution in [3.8, 4) is 0 Å². The van der Waals surface area contributed by atoms with E-state index in [0.29, 0.717) is 22.6 Å². The van der Waals surface area contributed by atoms with Gasteiger partial charge in [0.2, 0.25) is 5.91 Å². The standard InChI is InChI=1S/C20H20F3N5O3/c1-10-5-7-15(14(9-10)17(30)31-4)25-16(29)8-6-13-11(2)24-19-26-18(20(21,22)23)27-28(19)12(13)3/h5,7,9H,6,8H2,1-4H3,(H,25,29). The summed E-state index contributed by atoms with van der Waals surface area (Å²) >= 11 is 0. The Morgan fingerprint density at radius 1 is 1.16 bits per heavy atom. The summed E-state index contributed by atoms with van der Waals surface area (Å²) in [7, 11) is 1.25. The molecule has 3 rings (SSSR count). The summed E-state index contributed by atoms with van der Waals surface area (Å²) in [6, 6.07) is 4.96. The molecule has 0 fully saturated rings. The molecule has 0 saturated heterocycles. The number of aromatic nitrogens is 4. The second-order valence-corrected chi connectivity index (χ2v) is 6.99. The molecule has 3 aromatic rings. The van der Waals surface area contributed by atoms with E-state index in [9.17, 15) is 22.8 Å². The Morgan fingerprint density at radius 2 is 1.87 bits per heavy atom. The van der Waals surface area contributed by atoms with Crippen molar-refractivity contribution in [1.82, 2.24) is 19.6 Å². The number of esters is 1. The van der Waals surface area contributed by atoms with E-state index in [1.54, 1.807) is 39.0 Å². The van der Waals surface area contributed by atoms with Gasteiger partial charge in [-0.15, -0.1) is 5.10 Å². The molecule has 1 N–H and O–H groups in total. The van der Waals surface area contributed by atoms with Crippen LogP contribution in [-0.2, 0) is 22.1 Å². The van der Waals surface area contributed by atoms with E-state index >= 15 is 0 Å². The number of hydrogen-bond acceptors (Lipinski definition) is 6. The molecule has 1 amide bonds. The van der Waals surface area contributed by atoms with Crippen molar-refractivity contribution in [3.63, 3.8) is 0 Å². The Bertz CT molecular complexity index is 1170. The number of methoxy groups -OCH3 is 1. The van der Waals surface area contributed by atoms with E-state index in [4.69, 9.17) is 4.74 Å². The Labute approximate surface area is 175 Å². The van der Waals surface area contributed by atoms with Gasteiger partial charge >= 0.3 is 12.1 Å². The molecule has 0 saturated carbocycles. The third-order valence-electron chi connectivity index (χ3n) is 4.76. The SMILES string of the molecule is COC(=O)c1cc(C)ccc1NC(=O)CCc1c(C)nc2nc(C(F)(F)F)nn2c1C. The van der Waals surface area contributed by atoms with Crippen LogP contribution in [0.3, 0.4) is 0 Å². The molecule has 164 valence electrons. The number of anilines is 1. The van der Waals surface area contributed by atoms with Crippen LogP contribution in [0.25, 0.3) is 5.78 Å². The van der Waals surface area contributed by atoms with Gasteiger partial charge in [0, 0.05) is 17.8 Å². The van der Waals surface area contributed by atoms with Crippen LogP contribution in [-0.4, -0.2) is 38.6 Å². The van der Waals surface area contributed by atoms with Gasteiger partial charge in [0.05, 0.1) is 18.4 Å². The molecule has 0 aliphatic rings. The van der Waals surface area contributed by atoms with Crippen LogP contribution in [0.4, 0.5) is 18.9 Å². The number of nitrogens with zero attached hydrogens (tertiary/aromatic N) is 4. The predicted molar refractivity (Wildman–Crippen MR) is 105 cm³/mol. The fraction of sp³-hybridized carbons (Fsp3) is 0.350. The summed E-state index contributed by atoms with van der Waals surface area (Å²) in [6.07, 6.45) is -4.45. The number of halogens is 3. The first-order valence-electron chi connectivity index (χ1n) is 9.30. The van der Waals surface area contributed by atoms with E-state index in [1.165, 1.54) is 7.11 Å². The quantitative estimate of drug-likeness (QED) is 0.617. The lowest BCUT2D eigenvalue weighted by molar-refractivity contribution is -0.144. The highest BCUT2D eigenvalue weighted by atomic mass is 19.4. The molecule has 0 aliphatic heterocycles. The number of aryl methyl sites for hydroxylation is 3. The topological polar surface area (TPSA) is 98.5 Å². The third kappa shape index (κ3) is 4.65. The smallest absolute Gasteiger partial charge is 0.453 e. The minimum atomic E-state index is -4.68. The highest BCUT2D eigenvalue weighted by Gasteiger charge is 2.37. The second-order valence-electron chi connectivity index (χ2n) is 6.99. The first kappa shape index (κ1) is 22.2. The number of carbonyl (C=O) groups excluding carboxylic acids is 2. The second kappa shape index (κ2) is 8.32. The number of carbonyl (C=O) groups is 2. The number of fused-ring (bicyclic) bond motifs is 1. The van der Waals surface area contributed by atoms with Crippen LogP contribution in [0.15, 0.2) is 18.2 Å². The van der Waals surface area contributed by atoms with Crippen molar-refractivity contribution in [3.05, 3.63) is 52.1 Å². The van der Waals surface area contributed by atoms with Crippen LogP contribution in [0.2, 0.25) is 0 Å². The molecule has 11 heteroatoms. The lowest BCUT2D eigenvalue weighted by Crippen LogP contribution is -2.17.